The Morgan fingerprint density at radius 2 is 2.22 bits per heavy atom. The molecule has 2 rings (SSSR count). The van der Waals surface area contributed by atoms with E-state index < -0.39 is 17.4 Å². The molecule has 23 heavy (non-hydrogen) atoms. The molecular formula is C15H15FN4O3. The molecule has 120 valence electrons. The summed E-state index contributed by atoms with van der Waals surface area (Å²) in [5, 5.41) is 7.69. The topological polar surface area (TPSA) is 85.6 Å². The Morgan fingerprint density at radius 1 is 1.43 bits per heavy atom. The highest BCUT2D eigenvalue weighted by molar-refractivity contribution is 6.66. The Balaban J connectivity index is 2.20. The molecule has 8 heteroatoms. The molecule has 1 N–H and O–H groups in total. The van der Waals surface area contributed by atoms with E-state index in [0.717, 1.165) is 0 Å². The van der Waals surface area contributed by atoms with E-state index in [9.17, 15) is 14.0 Å². The van der Waals surface area contributed by atoms with Crippen LogP contribution in [-0.4, -0.2) is 40.8 Å². The van der Waals surface area contributed by atoms with Gasteiger partial charge in [0.25, 0.3) is 0 Å². The van der Waals surface area contributed by atoms with E-state index in [1.165, 1.54) is 30.8 Å². The van der Waals surface area contributed by atoms with Gasteiger partial charge in [-0.2, -0.15) is 10.2 Å². The van der Waals surface area contributed by atoms with Crippen molar-refractivity contribution in [3.63, 3.8) is 0 Å². The third-order valence-corrected chi connectivity index (χ3v) is 2.88. The fourth-order valence-corrected chi connectivity index (χ4v) is 1.81. The third kappa shape index (κ3) is 4.07. The number of aromatic nitrogens is 2. The zero-order valence-electron chi connectivity index (χ0n) is 12.6. The van der Waals surface area contributed by atoms with Crippen LogP contribution in [-0.2, 0) is 14.3 Å². The molecule has 1 aromatic heterocycles. The number of carbonyl (C=O) groups excluding carboxylic acids is 2. The van der Waals surface area contributed by atoms with Crippen LogP contribution in [0.4, 0.5) is 10.1 Å². The minimum absolute atomic E-state index is 0.0323. The molecule has 1 heterocycles. The molecule has 0 amide bonds. The predicted octanol–water partition coefficient (Wildman–Crippen LogP) is 1.58. The third-order valence-electron chi connectivity index (χ3n) is 2.88. The van der Waals surface area contributed by atoms with Crippen LogP contribution in [0.5, 0.6) is 0 Å². The lowest BCUT2D eigenvalue weighted by Crippen LogP contribution is -2.26. The zero-order valence-corrected chi connectivity index (χ0v) is 12.6. The highest BCUT2D eigenvalue weighted by Gasteiger charge is 2.16. The molecule has 2 aromatic rings. The van der Waals surface area contributed by atoms with Crippen LogP contribution in [0.3, 0.4) is 0 Å². The number of ether oxygens (including phenoxy) is 1. The number of rotatable bonds is 7. The van der Waals surface area contributed by atoms with E-state index in [2.05, 4.69) is 20.4 Å². The maximum Gasteiger partial charge on any atom is 0.212 e. The van der Waals surface area contributed by atoms with Crippen molar-refractivity contribution < 1.29 is 18.7 Å². The van der Waals surface area contributed by atoms with Crippen molar-refractivity contribution in [1.82, 2.24) is 9.78 Å². The van der Waals surface area contributed by atoms with Gasteiger partial charge < -0.3 is 4.74 Å². The van der Waals surface area contributed by atoms with E-state index in [1.54, 1.807) is 24.5 Å². The summed E-state index contributed by atoms with van der Waals surface area (Å²) in [6, 6.07) is 6.04. The van der Waals surface area contributed by atoms with E-state index in [1.807, 2.05) is 0 Å². The Kier molecular flexibility index (Phi) is 5.32. The Morgan fingerprint density at radius 3 is 2.78 bits per heavy atom. The molecule has 0 fully saturated rings. The predicted molar refractivity (Wildman–Crippen MR) is 82.1 cm³/mol. The second kappa shape index (κ2) is 7.41. The Hall–Kier alpha value is -2.87. The molecule has 0 bridgehead atoms. The first-order chi connectivity index (χ1) is 11.0. The van der Waals surface area contributed by atoms with E-state index >= 15 is 0 Å². The standard InChI is InChI=1S/C15H15FN4O3/c1-10(21)15(14(22)9-23-2)19-18-13-5-4-11(8-12(13)16)20-7-3-6-17-20/h3-8,18H,9H2,1-2H3. The number of halogens is 1. The van der Waals surface area contributed by atoms with Gasteiger partial charge >= 0.3 is 0 Å². The molecule has 0 saturated heterocycles. The van der Waals surface area contributed by atoms with Gasteiger partial charge in [0.05, 0.1) is 11.4 Å². The van der Waals surface area contributed by atoms with Crippen molar-refractivity contribution in [1.29, 1.82) is 0 Å². The van der Waals surface area contributed by atoms with Crippen LogP contribution in [0.15, 0.2) is 41.8 Å². The molecule has 7 nitrogen and oxygen atoms in total. The number of benzene rings is 1. The lowest BCUT2D eigenvalue weighted by atomic mass is 10.2. The summed E-state index contributed by atoms with van der Waals surface area (Å²) in [4.78, 5) is 23.1. The minimum atomic E-state index is -0.594. The number of methoxy groups -OCH3 is 1. The van der Waals surface area contributed by atoms with Crippen LogP contribution in [0.2, 0.25) is 0 Å². The lowest BCUT2D eigenvalue weighted by molar-refractivity contribution is -0.118. The zero-order chi connectivity index (χ0) is 16.8. The van der Waals surface area contributed by atoms with Crippen LogP contribution in [0.1, 0.15) is 6.92 Å². The van der Waals surface area contributed by atoms with Crippen LogP contribution in [0, 0.1) is 5.82 Å². The highest BCUT2D eigenvalue weighted by Crippen LogP contribution is 2.18. The number of ketones is 2. The summed E-state index contributed by atoms with van der Waals surface area (Å²) >= 11 is 0. The second-order valence-electron chi connectivity index (χ2n) is 4.60. The molecule has 0 unspecified atom stereocenters. The van der Waals surface area contributed by atoms with Crippen molar-refractivity contribution in [2.45, 2.75) is 6.92 Å². The van der Waals surface area contributed by atoms with E-state index in [0.29, 0.717) is 5.69 Å². The molecule has 0 aliphatic rings. The molecular weight excluding hydrogens is 303 g/mol. The first-order valence-corrected chi connectivity index (χ1v) is 6.69. The van der Waals surface area contributed by atoms with Gasteiger partial charge in [0.2, 0.25) is 5.78 Å². The largest absolute Gasteiger partial charge is 0.376 e. The summed E-state index contributed by atoms with van der Waals surface area (Å²) < 4.78 is 20.2. The first-order valence-electron chi connectivity index (χ1n) is 6.69. The summed E-state index contributed by atoms with van der Waals surface area (Å²) in [5.41, 5.74) is 2.63. The average molecular weight is 318 g/mol. The lowest BCUT2D eigenvalue weighted by Gasteiger charge is -2.07. The first kappa shape index (κ1) is 16.5. The maximum absolute atomic E-state index is 14.1. The molecule has 0 aliphatic carbocycles. The van der Waals surface area contributed by atoms with E-state index in [-0.39, 0.29) is 18.0 Å². The molecule has 0 aliphatic heterocycles. The van der Waals surface area contributed by atoms with Gasteiger partial charge in [-0.1, -0.05) is 0 Å². The normalized spacial score (nSPS) is 11.3. The second-order valence-corrected chi connectivity index (χ2v) is 4.60. The van der Waals surface area contributed by atoms with Gasteiger partial charge in [-0.15, -0.1) is 0 Å². The number of anilines is 1. The number of hydrogen-bond donors (Lipinski definition) is 1. The quantitative estimate of drug-likeness (QED) is 0.476. The number of hydrogen-bond acceptors (Lipinski definition) is 6. The SMILES string of the molecule is COCC(=O)C(=NNc1ccc(-n2cccn2)cc1F)C(C)=O. The molecule has 0 spiro atoms. The van der Waals surface area contributed by atoms with E-state index in [4.69, 9.17) is 0 Å². The highest BCUT2D eigenvalue weighted by atomic mass is 19.1. The fraction of sp³-hybridized carbons (Fsp3) is 0.200. The van der Waals surface area contributed by atoms with Crippen molar-refractivity contribution in [2.24, 2.45) is 5.10 Å². The van der Waals surface area contributed by atoms with Gasteiger partial charge in [0.1, 0.15) is 12.4 Å². The number of nitrogens with one attached hydrogen (secondary N) is 1. The smallest absolute Gasteiger partial charge is 0.212 e. The van der Waals surface area contributed by atoms with Gasteiger partial charge in [-0.25, -0.2) is 9.07 Å². The molecule has 0 atom stereocenters. The van der Waals surface area contributed by atoms with Crippen LogP contribution in [0.25, 0.3) is 5.69 Å². The van der Waals surface area contributed by atoms with Crippen molar-refractivity contribution in [3.05, 3.63) is 42.5 Å². The van der Waals surface area contributed by atoms with Crippen LogP contribution < -0.4 is 5.43 Å². The minimum Gasteiger partial charge on any atom is -0.376 e. The number of nitrogens with zero attached hydrogens (tertiary/aromatic N) is 3. The summed E-state index contributed by atoms with van der Waals surface area (Å²) in [6.07, 6.45) is 3.26. The fourth-order valence-electron chi connectivity index (χ4n) is 1.81. The van der Waals surface area contributed by atoms with Crippen LogP contribution >= 0.6 is 0 Å². The molecule has 0 radical (unpaired) electrons. The summed E-state index contributed by atoms with van der Waals surface area (Å²) in [7, 11) is 1.33. The summed E-state index contributed by atoms with van der Waals surface area (Å²) in [5.74, 6) is -1.71. The Labute approximate surface area is 131 Å². The van der Waals surface area contributed by atoms with Crippen molar-refractivity contribution in [2.75, 3.05) is 19.1 Å². The van der Waals surface area contributed by atoms with Crippen molar-refractivity contribution in [3.8, 4) is 5.69 Å². The number of hydrazone groups is 1. The number of carbonyl (C=O) groups is 2. The van der Waals surface area contributed by atoms with Gasteiger partial charge in [-0.3, -0.25) is 15.0 Å². The number of Topliss-reactive ketones (excluding diaryl/α,β-unsaturated/α-hetero) is 2. The summed E-state index contributed by atoms with van der Waals surface area (Å²) in [6.45, 7) is 0.923. The monoisotopic (exact) mass is 318 g/mol. The maximum atomic E-state index is 14.1. The van der Waals surface area contributed by atoms with Gasteiger partial charge in [-0.05, 0) is 18.2 Å². The van der Waals surface area contributed by atoms with Gasteiger partial charge in [0.15, 0.2) is 11.5 Å². The molecule has 1 aromatic carbocycles. The average Bonchev–Trinajstić information content (AvgIpc) is 3.03. The van der Waals surface area contributed by atoms with Crippen molar-refractivity contribution >= 4 is 23.0 Å². The Bertz CT molecular complexity index is 741. The van der Waals surface area contributed by atoms with Gasteiger partial charge in [0, 0.05) is 32.5 Å². The molecule has 0 saturated carbocycles.